The normalized spacial score (nSPS) is 10.4. The lowest BCUT2D eigenvalue weighted by molar-refractivity contribution is 0.0945. The van der Waals surface area contributed by atoms with Crippen molar-refractivity contribution >= 4 is 11.7 Å². The first kappa shape index (κ1) is 13.1. The van der Waals surface area contributed by atoms with Crippen LogP contribution in [0.25, 0.3) is 0 Å². The minimum absolute atomic E-state index is 0.0507. The van der Waals surface area contributed by atoms with Gasteiger partial charge >= 0.3 is 0 Å². The van der Waals surface area contributed by atoms with E-state index in [4.69, 9.17) is 0 Å². The van der Waals surface area contributed by atoms with E-state index >= 15 is 0 Å². The molecule has 0 fully saturated rings. The summed E-state index contributed by atoms with van der Waals surface area (Å²) in [5.41, 5.74) is 1.02. The number of H-pyrrole nitrogens is 1. The highest BCUT2D eigenvalue weighted by Crippen LogP contribution is 2.07. The zero-order chi connectivity index (χ0) is 13.8. The van der Waals surface area contributed by atoms with Gasteiger partial charge in [-0.15, -0.1) is 0 Å². The second kappa shape index (κ2) is 5.51. The van der Waals surface area contributed by atoms with Crippen molar-refractivity contribution in [2.75, 3.05) is 6.54 Å². The van der Waals surface area contributed by atoms with Crippen LogP contribution in [-0.2, 0) is 13.5 Å². The average Bonchev–Trinajstić information content (AvgIpc) is 2.98. The van der Waals surface area contributed by atoms with E-state index in [-0.39, 0.29) is 11.7 Å². The number of Topliss-reactive ketones (excluding diaryl/α,β-unsaturated/α-hetero) is 1. The Morgan fingerprint density at radius 3 is 2.84 bits per heavy atom. The van der Waals surface area contributed by atoms with Crippen LogP contribution >= 0.6 is 0 Å². The van der Waals surface area contributed by atoms with Crippen LogP contribution < -0.4 is 5.32 Å². The third kappa shape index (κ3) is 3.09. The summed E-state index contributed by atoms with van der Waals surface area (Å²) < 4.78 is 1.65. The molecule has 0 atom stereocenters. The molecule has 19 heavy (non-hydrogen) atoms. The number of rotatable bonds is 5. The Hall–Kier alpha value is -2.37. The maximum absolute atomic E-state index is 12.0. The molecule has 0 radical (unpaired) electrons. The number of aromatic nitrogens is 3. The molecule has 2 aromatic heterocycles. The topological polar surface area (TPSA) is 79.8 Å². The minimum Gasteiger partial charge on any atom is -0.350 e. The number of carbonyl (C=O) groups is 2. The molecule has 2 N–H and O–H groups in total. The van der Waals surface area contributed by atoms with Crippen LogP contribution in [0.4, 0.5) is 0 Å². The predicted molar refractivity (Wildman–Crippen MR) is 70.0 cm³/mol. The van der Waals surface area contributed by atoms with Gasteiger partial charge in [0.05, 0.1) is 0 Å². The molecule has 2 rings (SSSR count). The van der Waals surface area contributed by atoms with Gasteiger partial charge in [-0.05, 0) is 13.0 Å². The Morgan fingerprint density at radius 2 is 2.26 bits per heavy atom. The SMILES string of the molecule is CC(=O)c1cc(C(=O)NCCc2ncc[nH]2)n(C)c1. The molecule has 6 nitrogen and oxygen atoms in total. The van der Waals surface area contributed by atoms with Crippen LogP contribution in [-0.4, -0.2) is 32.8 Å². The second-order valence-electron chi connectivity index (χ2n) is 4.32. The lowest BCUT2D eigenvalue weighted by atomic mass is 10.2. The zero-order valence-corrected chi connectivity index (χ0v) is 10.9. The molecule has 2 aromatic rings. The standard InChI is InChI=1S/C13H16N4O2/c1-9(18)10-7-11(17(2)8-10)13(19)16-4-3-12-14-5-6-15-12/h5-8H,3-4H2,1-2H3,(H,14,15)(H,16,19). The highest BCUT2D eigenvalue weighted by Gasteiger charge is 2.13. The van der Waals surface area contributed by atoms with Crippen molar-refractivity contribution in [1.82, 2.24) is 19.9 Å². The molecule has 0 unspecified atom stereocenters. The summed E-state index contributed by atoms with van der Waals surface area (Å²) in [6.07, 6.45) is 5.72. The highest BCUT2D eigenvalue weighted by molar-refractivity contribution is 5.99. The Bertz CT molecular complexity index is 584. The molecule has 100 valence electrons. The van der Waals surface area contributed by atoms with E-state index in [1.54, 1.807) is 36.3 Å². The first-order valence-electron chi connectivity index (χ1n) is 6.01. The number of ketones is 1. The van der Waals surface area contributed by atoms with Gasteiger partial charge in [0.25, 0.3) is 5.91 Å². The molecule has 6 heteroatoms. The summed E-state index contributed by atoms with van der Waals surface area (Å²) >= 11 is 0. The van der Waals surface area contributed by atoms with Gasteiger partial charge in [-0.2, -0.15) is 0 Å². The molecule has 1 amide bonds. The molecular weight excluding hydrogens is 244 g/mol. The van der Waals surface area contributed by atoms with E-state index in [0.717, 1.165) is 5.82 Å². The maximum atomic E-state index is 12.0. The van der Waals surface area contributed by atoms with Gasteiger partial charge in [-0.3, -0.25) is 9.59 Å². The summed E-state index contributed by atoms with van der Waals surface area (Å²) in [6.45, 7) is 1.97. The number of hydrogen-bond donors (Lipinski definition) is 2. The van der Waals surface area contributed by atoms with Crippen molar-refractivity contribution in [3.8, 4) is 0 Å². The van der Waals surface area contributed by atoms with Crippen molar-refractivity contribution in [2.24, 2.45) is 7.05 Å². The molecule has 0 spiro atoms. The van der Waals surface area contributed by atoms with Crippen molar-refractivity contribution in [3.05, 3.63) is 41.7 Å². The number of amides is 1. The fourth-order valence-corrected chi connectivity index (χ4v) is 1.80. The first-order chi connectivity index (χ1) is 9.08. The summed E-state index contributed by atoms with van der Waals surface area (Å²) in [5, 5.41) is 2.80. The Balaban J connectivity index is 1.94. The molecule has 0 aliphatic rings. The van der Waals surface area contributed by atoms with E-state index in [9.17, 15) is 9.59 Å². The molecule has 0 saturated heterocycles. The van der Waals surface area contributed by atoms with Gasteiger partial charge < -0.3 is 14.9 Å². The van der Waals surface area contributed by atoms with Crippen LogP contribution in [0.2, 0.25) is 0 Å². The molecule has 0 aromatic carbocycles. The molecule has 0 aliphatic heterocycles. The zero-order valence-electron chi connectivity index (χ0n) is 10.9. The van der Waals surface area contributed by atoms with E-state index < -0.39 is 0 Å². The average molecular weight is 260 g/mol. The summed E-state index contributed by atoms with van der Waals surface area (Å²) in [7, 11) is 1.74. The van der Waals surface area contributed by atoms with E-state index in [1.807, 2.05) is 0 Å². The number of imidazole rings is 1. The third-order valence-electron chi connectivity index (χ3n) is 2.85. The van der Waals surface area contributed by atoms with Crippen LogP contribution in [0.15, 0.2) is 24.7 Å². The lowest BCUT2D eigenvalue weighted by Crippen LogP contribution is -2.27. The number of hydrogen-bond acceptors (Lipinski definition) is 3. The van der Waals surface area contributed by atoms with Gasteiger partial charge in [-0.1, -0.05) is 0 Å². The molecule has 2 heterocycles. The molecule has 0 saturated carbocycles. The Kier molecular flexibility index (Phi) is 3.79. The maximum Gasteiger partial charge on any atom is 0.267 e. The van der Waals surface area contributed by atoms with Gasteiger partial charge in [0.2, 0.25) is 0 Å². The van der Waals surface area contributed by atoms with Gasteiger partial charge in [0.15, 0.2) is 5.78 Å². The fourth-order valence-electron chi connectivity index (χ4n) is 1.80. The monoisotopic (exact) mass is 260 g/mol. The van der Waals surface area contributed by atoms with Crippen molar-refractivity contribution in [2.45, 2.75) is 13.3 Å². The molecule has 0 bridgehead atoms. The van der Waals surface area contributed by atoms with Crippen molar-refractivity contribution < 1.29 is 9.59 Å². The van der Waals surface area contributed by atoms with Gasteiger partial charge in [0.1, 0.15) is 11.5 Å². The summed E-state index contributed by atoms with van der Waals surface area (Å²) in [4.78, 5) is 30.2. The van der Waals surface area contributed by atoms with Crippen LogP contribution in [0.5, 0.6) is 0 Å². The van der Waals surface area contributed by atoms with Crippen molar-refractivity contribution in [1.29, 1.82) is 0 Å². The first-order valence-corrected chi connectivity index (χ1v) is 6.01. The van der Waals surface area contributed by atoms with Gasteiger partial charge in [0, 0.05) is 44.2 Å². The fraction of sp³-hybridized carbons (Fsp3) is 0.308. The van der Waals surface area contributed by atoms with E-state index in [1.165, 1.54) is 6.92 Å². The number of aryl methyl sites for hydroxylation is 1. The largest absolute Gasteiger partial charge is 0.350 e. The van der Waals surface area contributed by atoms with Crippen molar-refractivity contribution in [3.63, 3.8) is 0 Å². The number of carbonyl (C=O) groups excluding carboxylic acids is 2. The van der Waals surface area contributed by atoms with Crippen LogP contribution in [0.3, 0.4) is 0 Å². The molecular formula is C13H16N4O2. The van der Waals surface area contributed by atoms with E-state index in [2.05, 4.69) is 15.3 Å². The summed E-state index contributed by atoms with van der Waals surface area (Å²) in [5.74, 6) is 0.586. The smallest absolute Gasteiger partial charge is 0.267 e. The predicted octanol–water partition coefficient (Wildman–Crippen LogP) is 0.923. The van der Waals surface area contributed by atoms with Crippen LogP contribution in [0.1, 0.15) is 33.6 Å². The molecule has 0 aliphatic carbocycles. The van der Waals surface area contributed by atoms with E-state index in [0.29, 0.717) is 24.2 Å². The Morgan fingerprint density at radius 1 is 1.47 bits per heavy atom. The second-order valence-corrected chi connectivity index (χ2v) is 4.32. The Labute approximate surface area is 110 Å². The minimum atomic E-state index is -0.193. The van der Waals surface area contributed by atoms with Crippen LogP contribution in [0, 0.1) is 0 Å². The summed E-state index contributed by atoms with van der Waals surface area (Å²) in [6, 6.07) is 1.60. The highest BCUT2D eigenvalue weighted by atomic mass is 16.2. The number of nitrogens with zero attached hydrogens (tertiary/aromatic N) is 2. The quantitative estimate of drug-likeness (QED) is 0.785. The number of aromatic amines is 1. The lowest BCUT2D eigenvalue weighted by Gasteiger charge is -2.04. The van der Waals surface area contributed by atoms with Gasteiger partial charge in [-0.25, -0.2) is 4.98 Å². The number of nitrogens with one attached hydrogen (secondary N) is 2. The third-order valence-corrected chi connectivity index (χ3v) is 2.85.